The summed E-state index contributed by atoms with van der Waals surface area (Å²) in [7, 11) is 0. The number of pyridine rings is 1. The molecule has 6 rings (SSSR count). The minimum atomic E-state index is 0.282. The Kier molecular flexibility index (Phi) is 6.24. The smallest absolute Gasteiger partial charge is 0.199 e. The molecule has 6 nitrogen and oxygen atoms in total. The van der Waals surface area contributed by atoms with Crippen molar-refractivity contribution in [1.29, 1.82) is 0 Å². The third-order valence-electron chi connectivity index (χ3n) is 6.55. The van der Waals surface area contributed by atoms with Gasteiger partial charge in [0, 0.05) is 24.5 Å². The van der Waals surface area contributed by atoms with Gasteiger partial charge < -0.3 is 0 Å². The van der Waals surface area contributed by atoms with E-state index in [1.54, 1.807) is 6.20 Å². The summed E-state index contributed by atoms with van der Waals surface area (Å²) in [5.41, 5.74) is 3.24. The summed E-state index contributed by atoms with van der Waals surface area (Å²) >= 11 is 7.80. The fourth-order valence-electron chi connectivity index (χ4n) is 4.79. The molecule has 2 aromatic carbocycles. The number of hydrogen-bond donors (Lipinski definition) is 0. The molecule has 0 bridgehead atoms. The monoisotopic (exact) mass is 498 g/mol. The zero-order valence-corrected chi connectivity index (χ0v) is 21.0. The Bertz CT molecular complexity index is 1460. The molecule has 176 valence electrons. The number of fused-ring (bicyclic) bond motifs is 1. The molecule has 1 fully saturated rings. The highest BCUT2D eigenvalue weighted by molar-refractivity contribution is 7.71. The van der Waals surface area contributed by atoms with E-state index in [-0.39, 0.29) is 6.04 Å². The van der Waals surface area contributed by atoms with Crippen LogP contribution in [0.15, 0.2) is 79.1 Å². The van der Waals surface area contributed by atoms with Crippen molar-refractivity contribution in [3.63, 3.8) is 0 Å². The summed E-state index contributed by atoms with van der Waals surface area (Å²) in [4.78, 5) is 11.8. The van der Waals surface area contributed by atoms with Gasteiger partial charge in [-0.1, -0.05) is 48.9 Å². The number of hydrogen-bond acceptors (Lipinski definition) is 6. The average molecular weight is 499 g/mol. The standard InChI is InChI=1S/C27H26N6S2/c34-27-32(18-20-9-2-1-3-10-20)25(21-11-8-15-28-17-21)30-33(27)19-31-16-7-6-13-23(31)26-29-22-12-4-5-14-24(22)35-26/h1-5,8-12,14-15,17,23H,6-7,13,16,18-19H2. The Morgan fingerprint density at radius 3 is 2.66 bits per heavy atom. The van der Waals surface area contributed by atoms with E-state index in [9.17, 15) is 0 Å². The third kappa shape index (κ3) is 4.57. The molecule has 0 saturated carbocycles. The highest BCUT2D eigenvalue weighted by Gasteiger charge is 2.28. The van der Waals surface area contributed by atoms with Gasteiger partial charge in [-0.25, -0.2) is 9.67 Å². The van der Waals surface area contributed by atoms with Crippen LogP contribution in [0, 0.1) is 4.77 Å². The molecule has 8 heteroatoms. The molecule has 0 amide bonds. The highest BCUT2D eigenvalue weighted by atomic mass is 32.1. The number of likely N-dealkylation sites (tertiary alicyclic amines) is 1. The van der Waals surface area contributed by atoms with E-state index in [0.717, 1.165) is 34.6 Å². The molecule has 3 aromatic heterocycles. The van der Waals surface area contributed by atoms with Gasteiger partial charge in [-0.2, -0.15) is 5.10 Å². The molecule has 0 aliphatic carbocycles. The van der Waals surface area contributed by atoms with Gasteiger partial charge in [0.25, 0.3) is 0 Å². The molecule has 0 spiro atoms. The molecule has 1 aliphatic rings. The van der Waals surface area contributed by atoms with Gasteiger partial charge in [-0.3, -0.25) is 14.5 Å². The minimum absolute atomic E-state index is 0.282. The molecule has 0 N–H and O–H groups in total. The van der Waals surface area contributed by atoms with Crippen LogP contribution in [0.4, 0.5) is 0 Å². The first-order valence-corrected chi connectivity index (χ1v) is 13.2. The highest BCUT2D eigenvalue weighted by Crippen LogP contribution is 2.36. The lowest BCUT2D eigenvalue weighted by molar-refractivity contribution is 0.103. The lowest BCUT2D eigenvalue weighted by atomic mass is 10.0. The van der Waals surface area contributed by atoms with Crippen LogP contribution < -0.4 is 0 Å². The maximum absolute atomic E-state index is 5.99. The number of nitrogens with zero attached hydrogens (tertiary/aromatic N) is 6. The summed E-state index contributed by atoms with van der Waals surface area (Å²) in [5.74, 6) is 0.848. The van der Waals surface area contributed by atoms with Crippen molar-refractivity contribution >= 4 is 33.8 Å². The van der Waals surface area contributed by atoms with Crippen LogP contribution in [0.5, 0.6) is 0 Å². The lowest BCUT2D eigenvalue weighted by Gasteiger charge is -2.34. The first kappa shape index (κ1) is 22.3. The van der Waals surface area contributed by atoms with E-state index in [0.29, 0.717) is 13.2 Å². The van der Waals surface area contributed by atoms with Gasteiger partial charge in [-0.05, 0) is 54.9 Å². The van der Waals surface area contributed by atoms with E-state index in [1.807, 2.05) is 40.4 Å². The molecular weight excluding hydrogens is 472 g/mol. The molecule has 1 aliphatic heterocycles. The van der Waals surface area contributed by atoms with Crippen LogP contribution in [0.25, 0.3) is 21.6 Å². The average Bonchev–Trinajstić information content (AvgIpc) is 3.47. The maximum atomic E-state index is 5.99. The lowest BCUT2D eigenvalue weighted by Crippen LogP contribution is -2.35. The van der Waals surface area contributed by atoms with Crippen molar-refractivity contribution in [1.82, 2.24) is 29.2 Å². The summed E-state index contributed by atoms with van der Waals surface area (Å²) in [6, 6.07) is 23.1. The SMILES string of the molecule is S=c1n(CN2CCCCC2c2nc3ccccc3s2)nc(-c2cccnc2)n1Cc1ccccc1. The number of piperidine rings is 1. The predicted molar refractivity (Wildman–Crippen MR) is 143 cm³/mol. The van der Waals surface area contributed by atoms with Crippen LogP contribution in [-0.2, 0) is 13.2 Å². The van der Waals surface area contributed by atoms with Crippen molar-refractivity contribution in [2.45, 2.75) is 38.5 Å². The van der Waals surface area contributed by atoms with Gasteiger partial charge in [0.2, 0.25) is 0 Å². The van der Waals surface area contributed by atoms with Gasteiger partial charge in [-0.15, -0.1) is 11.3 Å². The molecule has 4 heterocycles. The zero-order chi connectivity index (χ0) is 23.6. The molecule has 1 unspecified atom stereocenters. The maximum Gasteiger partial charge on any atom is 0.199 e. The predicted octanol–water partition coefficient (Wildman–Crippen LogP) is 6.32. The van der Waals surface area contributed by atoms with E-state index >= 15 is 0 Å². The fourth-order valence-corrected chi connectivity index (χ4v) is 6.18. The molecular formula is C27H26N6S2. The Morgan fingerprint density at radius 2 is 1.83 bits per heavy atom. The second kappa shape index (κ2) is 9.81. The minimum Gasteiger partial charge on any atom is -0.295 e. The summed E-state index contributed by atoms with van der Waals surface area (Å²) in [5, 5.41) is 6.21. The molecule has 1 saturated heterocycles. The quantitative estimate of drug-likeness (QED) is 0.257. The number of benzene rings is 2. The van der Waals surface area contributed by atoms with Crippen molar-refractivity contribution in [2.75, 3.05) is 6.54 Å². The van der Waals surface area contributed by atoms with Gasteiger partial charge in [0.1, 0.15) is 5.01 Å². The van der Waals surface area contributed by atoms with E-state index in [1.165, 1.54) is 28.1 Å². The number of para-hydroxylation sites is 1. The number of aromatic nitrogens is 5. The largest absolute Gasteiger partial charge is 0.295 e. The third-order valence-corrected chi connectivity index (χ3v) is 8.12. The van der Waals surface area contributed by atoms with E-state index in [2.05, 4.69) is 63.0 Å². The Labute approximate surface area is 213 Å². The van der Waals surface area contributed by atoms with Crippen molar-refractivity contribution in [3.05, 3.63) is 94.5 Å². The molecule has 35 heavy (non-hydrogen) atoms. The first-order chi connectivity index (χ1) is 17.3. The van der Waals surface area contributed by atoms with Crippen molar-refractivity contribution < 1.29 is 0 Å². The number of rotatable bonds is 6. The van der Waals surface area contributed by atoms with Gasteiger partial charge in [0.15, 0.2) is 10.6 Å². The second-order valence-electron chi connectivity index (χ2n) is 8.90. The van der Waals surface area contributed by atoms with Crippen LogP contribution in [0.3, 0.4) is 0 Å². The molecule has 1 atom stereocenters. The molecule has 0 radical (unpaired) electrons. The summed E-state index contributed by atoms with van der Waals surface area (Å²) in [6.45, 7) is 2.33. The zero-order valence-electron chi connectivity index (χ0n) is 19.3. The van der Waals surface area contributed by atoms with E-state index < -0.39 is 0 Å². The van der Waals surface area contributed by atoms with Crippen LogP contribution >= 0.6 is 23.6 Å². The normalized spacial score (nSPS) is 16.6. The Hall–Kier alpha value is -3.20. The molecule has 5 aromatic rings. The van der Waals surface area contributed by atoms with Crippen LogP contribution in [-0.4, -0.2) is 35.8 Å². The topological polar surface area (TPSA) is 51.8 Å². The fraction of sp³-hybridized carbons (Fsp3) is 0.259. The van der Waals surface area contributed by atoms with E-state index in [4.69, 9.17) is 22.3 Å². The Balaban J connectivity index is 1.36. The van der Waals surface area contributed by atoms with Crippen molar-refractivity contribution in [3.8, 4) is 11.4 Å². The second-order valence-corrected chi connectivity index (χ2v) is 10.3. The van der Waals surface area contributed by atoms with Crippen molar-refractivity contribution in [2.24, 2.45) is 0 Å². The van der Waals surface area contributed by atoms with Gasteiger partial charge in [0.05, 0.1) is 29.5 Å². The summed E-state index contributed by atoms with van der Waals surface area (Å²) < 4.78 is 6.07. The van der Waals surface area contributed by atoms with Gasteiger partial charge >= 0.3 is 0 Å². The number of thiazole rings is 1. The first-order valence-electron chi connectivity index (χ1n) is 12.0. The Morgan fingerprint density at radius 1 is 0.971 bits per heavy atom. The summed E-state index contributed by atoms with van der Waals surface area (Å²) in [6.07, 6.45) is 7.13. The van der Waals surface area contributed by atoms with Crippen LogP contribution in [0.2, 0.25) is 0 Å². The van der Waals surface area contributed by atoms with Crippen LogP contribution in [0.1, 0.15) is 35.9 Å².